The Morgan fingerprint density at radius 1 is 0.842 bits per heavy atom. The Bertz CT molecular complexity index is 259. The molecule has 0 aromatic heterocycles. The van der Waals surface area contributed by atoms with Gasteiger partial charge in [0, 0.05) is 5.92 Å². The van der Waals surface area contributed by atoms with E-state index in [-0.39, 0.29) is 6.42 Å². The van der Waals surface area contributed by atoms with Crippen molar-refractivity contribution in [2.75, 3.05) is 0 Å². The molecular weight excluding hydrogens is 263 g/mol. The summed E-state index contributed by atoms with van der Waals surface area (Å²) in [6.07, 6.45) is 3.23. The average Bonchev–Trinajstić information content (AvgIpc) is 2.84. The topological polar surface area (TPSA) is 0 Å². The van der Waals surface area contributed by atoms with E-state index in [1.54, 1.807) is 0 Å². The third-order valence-corrected chi connectivity index (χ3v) is 3.92. The zero-order valence-electron chi connectivity index (χ0n) is 11.4. The molecular formula is C14H23F5. The van der Waals surface area contributed by atoms with Gasteiger partial charge in [-0.2, -0.15) is 13.2 Å². The number of alkyl halides is 5. The maximum Gasteiger partial charge on any atom is 0.398 e. The summed E-state index contributed by atoms with van der Waals surface area (Å²) in [6, 6.07) is 0. The summed E-state index contributed by atoms with van der Waals surface area (Å²) in [5, 5.41) is 0. The van der Waals surface area contributed by atoms with Crippen LogP contribution in [0.15, 0.2) is 0 Å². The van der Waals surface area contributed by atoms with Gasteiger partial charge < -0.3 is 0 Å². The van der Waals surface area contributed by atoms with Crippen molar-refractivity contribution in [3.8, 4) is 0 Å². The molecule has 0 N–H and O–H groups in total. The molecule has 1 unspecified atom stereocenters. The molecule has 19 heavy (non-hydrogen) atoms. The van der Waals surface area contributed by atoms with Gasteiger partial charge in [-0.3, -0.25) is 0 Å². The molecule has 0 aromatic carbocycles. The van der Waals surface area contributed by atoms with Gasteiger partial charge >= 0.3 is 6.18 Å². The maximum absolute atomic E-state index is 13.0. The molecule has 0 aliphatic heterocycles. The summed E-state index contributed by atoms with van der Waals surface area (Å²) in [5.41, 5.74) is 0. The molecule has 1 rings (SSSR count). The Morgan fingerprint density at radius 3 is 1.74 bits per heavy atom. The number of rotatable bonds is 9. The van der Waals surface area contributed by atoms with Crippen LogP contribution in [-0.2, 0) is 0 Å². The molecule has 0 nitrogen and oxygen atoms in total. The molecule has 5 heteroatoms. The minimum atomic E-state index is -4.74. The predicted octanol–water partition coefficient (Wildman–Crippen LogP) is 5.96. The zero-order valence-corrected chi connectivity index (χ0v) is 11.4. The van der Waals surface area contributed by atoms with Crippen molar-refractivity contribution in [2.45, 2.75) is 76.8 Å². The number of halogens is 5. The summed E-state index contributed by atoms with van der Waals surface area (Å²) < 4.78 is 62.7. The second-order valence-corrected chi connectivity index (χ2v) is 5.56. The highest BCUT2D eigenvalue weighted by Crippen LogP contribution is 2.64. The van der Waals surface area contributed by atoms with E-state index in [1.807, 2.05) is 0 Å². The molecule has 0 saturated heterocycles. The molecule has 0 radical (unpaired) electrons. The molecule has 1 saturated carbocycles. The third kappa shape index (κ3) is 4.92. The monoisotopic (exact) mass is 286 g/mol. The van der Waals surface area contributed by atoms with Crippen LogP contribution in [0.25, 0.3) is 0 Å². The second kappa shape index (κ2) is 6.89. The summed E-state index contributed by atoms with van der Waals surface area (Å²) in [6.45, 7) is 2.13. The third-order valence-electron chi connectivity index (χ3n) is 3.92. The minimum absolute atomic E-state index is 0.00609. The highest BCUT2D eigenvalue weighted by atomic mass is 19.4. The Hall–Kier alpha value is -0.350. The first-order chi connectivity index (χ1) is 8.81. The number of hydrogen-bond donors (Lipinski definition) is 0. The van der Waals surface area contributed by atoms with E-state index in [2.05, 4.69) is 6.92 Å². The van der Waals surface area contributed by atoms with Gasteiger partial charge in [0.1, 0.15) is 5.92 Å². The standard InChI is InChI=1S/C14H23F5/c1-2-3-4-5-6-7-8-9-10-11-12(13(11,15)16)14(17,18)19/h11-12H,2-10H2,1H3/t11?,12-/m1/s1. The van der Waals surface area contributed by atoms with Crippen LogP contribution in [0.4, 0.5) is 22.0 Å². The zero-order chi connectivity index (χ0) is 14.5. The maximum atomic E-state index is 13.0. The van der Waals surface area contributed by atoms with Gasteiger partial charge in [-0.05, 0) is 6.42 Å². The Morgan fingerprint density at radius 2 is 1.32 bits per heavy atom. The van der Waals surface area contributed by atoms with Crippen molar-refractivity contribution in [1.29, 1.82) is 0 Å². The molecule has 0 spiro atoms. The van der Waals surface area contributed by atoms with Crippen LogP contribution in [0.5, 0.6) is 0 Å². The first-order valence-electron chi connectivity index (χ1n) is 7.26. The number of unbranched alkanes of at least 4 members (excludes halogenated alkanes) is 7. The smallest absolute Gasteiger partial charge is 0.206 e. The molecule has 1 fully saturated rings. The quantitative estimate of drug-likeness (QED) is 0.362. The lowest BCUT2D eigenvalue weighted by Crippen LogP contribution is -2.15. The fourth-order valence-corrected chi connectivity index (χ4v) is 2.69. The Kier molecular flexibility index (Phi) is 6.06. The fraction of sp³-hybridized carbons (Fsp3) is 1.00. The van der Waals surface area contributed by atoms with Crippen molar-refractivity contribution < 1.29 is 22.0 Å². The van der Waals surface area contributed by atoms with E-state index < -0.39 is 23.9 Å². The first kappa shape index (κ1) is 16.7. The van der Waals surface area contributed by atoms with Crippen LogP contribution in [-0.4, -0.2) is 12.1 Å². The lowest BCUT2D eigenvalue weighted by Gasteiger charge is -2.03. The Balaban J connectivity index is 2.05. The van der Waals surface area contributed by atoms with Gasteiger partial charge in [0.15, 0.2) is 0 Å². The molecule has 1 aliphatic carbocycles. The van der Waals surface area contributed by atoms with E-state index in [0.29, 0.717) is 6.42 Å². The SMILES string of the molecule is CCCCCCCCCCC1[C@@H](C(F)(F)F)C1(F)F. The normalized spacial score (nSPS) is 25.6. The first-order valence-corrected chi connectivity index (χ1v) is 7.26. The minimum Gasteiger partial charge on any atom is -0.206 e. The highest BCUT2D eigenvalue weighted by Gasteiger charge is 2.77. The molecule has 114 valence electrons. The van der Waals surface area contributed by atoms with E-state index in [0.717, 1.165) is 25.7 Å². The van der Waals surface area contributed by atoms with Crippen molar-refractivity contribution in [2.24, 2.45) is 11.8 Å². The van der Waals surface area contributed by atoms with Gasteiger partial charge in [-0.25, -0.2) is 8.78 Å². The van der Waals surface area contributed by atoms with Gasteiger partial charge in [0.05, 0.1) is 0 Å². The van der Waals surface area contributed by atoms with Crippen LogP contribution in [0.3, 0.4) is 0 Å². The van der Waals surface area contributed by atoms with Crippen molar-refractivity contribution in [1.82, 2.24) is 0 Å². The molecule has 0 bridgehead atoms. The van der Waals surface area contributed by atoms with Crippen molar-refractivity contribution >= 4 is 0 Å². The predicted molar refractivity (Wildman–Crippen MR) is 65.2 cm³/mol. The van der Waals surface area contributed by atoms with Crippen LogP contribution in [0.1, 0.15) is 64.7 Å². The molecule has 2 atom stereocenters. The molecule has 0 heterocycles. The van der Waals surface area contributed by atoms with Crippen LogP contribution >= 0.6 is 0 Å². The summed E-state index contributed by atoms with van der Waals surface area (Å²) in [7, 11) is 0. The fourth-order valence-electron chi connectivity index (χ4n) is 2.69. The van der Waals surface area contributed by atoms with E-state index >= 15 is 0 Å². The lowest BCUT2D eigenvalue weighted by atomic mass is 10.1. The molecule has 1 aliphatic rings. The summed E-state index contributed by atoms with van der Waals surface area (Å²) >= 11 is 0. The van der Waals surface area contributed by atoms with Gasteiger partial charge in [-0.15, -0.1) is 0 Å². The Labute approximate surface area is 111 Å². The van der Waals surface area contributed by atoms with Gasteiger partial charge in [0.2, 0.25) is 0 Å². The van der Waals surface area contributed by atoms with E-state index in [9.17, 15) is 22.0 Å². The average molecular weight is 286 g/mol. The van der Waals surface area contributed by atoms with E-state index in [1.165, 1.54) is 19.3 Å². The largest absolute Gasteiger partial charge is 0.398 e. The van der Waals surface area contributed by atoms with Crippen LogP contribution < -0.4 is 0 Å². The van der Waals surface area contributed by atoms with Crippen LogP contribution in [0, 0.1) is 11.8 Å². The van der Waals surface area contributed by atoms with Crippen molar-refractivity contribution in [3.63, 3.8) is 0 Å². The summed E-state index contributed by atoms with van der Waals surface area (Å²) in [5.74, 6) is -7.36. The highest BCUT2D eigenvalue weighted by molar-refractivity contribution is 5.08. The van der Waals surface area contributed by atoms with E-state index in [4.69, 9.17) is 0 Å². The van der Waals surface area contributed by atoms with Gasteiger partial charge in [0.25, 0.3) is 5.92 Å². The second-order valence-electron chi connectivity index (χ2n) is 5.56. The van der Waals surface area contributed by atoms with Crippen LogP contribution in [0.2, 0.25) is 0 Å². The van der Waals surface area contributed by atoms with Crippen molar-refractivity contribution in [3.05, 3.63) is 0 Å². The number of hydrogen-bond acceptors (Lipinski definition) is 0. The molecule has 0 amide bonds. The van der Waals surface area contributed by atoms with Gasteiger partial charge in [-0.1, -0.05) is 58.3 Å². The molecule has 0 aromatic rings. The summed E-state index contributed by atoms with van der Waals surface area (Å²) in [4.78, 5) is 0. The lowest BCUT2D eigenvalue weighted by molar-refractivity contribution is -0.168.